The van der Waals surface area contributed by atoms with Crippen LogP contribution in [0.25, 0.3) is 11.0 Å². The predicted molar refractivity (Wildman–Crippen MR) is 69.1 cm³/mol. The van der Waals surface area contributed by atoms with Gasteiger partial charge in [-0.2, -0.15) is 0 Å². The normalized spacial score (nSPS) is 15.2. The van der Waals surface area contributed by atoms with E-state index in [1.807, 2.05) is 26.0 Å². The van der Waals surface area contributed by atoms with Gasteiger partial charge < -0.3 is 9.97 Å². The molecule has 0 unspecified atom stereocenters. The molecule has 0 aliphatic carbocycles. The molecule has 5 nitrogen and oxygen atoms in total. The summed E-state index contributed by atoms with van der Waals surface area (Å²) in [5.41, 5.74) is 5.00. The summed E-state index contributed by atoms with van der Waals surface area (Å²) in [4.78, 5) is 25.7. The first-order valence-electron chi connectivity index (χ1n) is 5.46. The van der Waals surface area contributed by atoms with Crippen molar-refractivity contribution in [1.29, 1.82) is 0 Å². The molecule has 1 aliphatic rings. The fraction of sp³-hybridized carbons (Fsp3) is 0.250. The Labute approximate surface area is 97.3 Å². The van der Waals surface area contributed by atoms with Crippen LogP contribution in [0.1, 0.15) is 20.3 Å². The van der Waals surface area contributed by atoms with E-state index in [1.165, 1.54) is 0 Å². The zero-order valence-electron chi connectivity index (χ0n) is 9.66. The lowest BCUT2D eigenvalue weighted by atomic mass is 10.2. The predicted octanol–water partition coefficient (Wildman–Crippen LogP) is 2.44. The Kier molecular flexibility index (Phi) is 2.01. The molecule has 0 atom stereocenters. The number of aliphatic imine (C=N–C) groups is 2. The lowest BCUT2D eigenvalue weighted by Gasteiger charge is -1.99. The topological polar surface area (TPSA) is 73.4 Å². The SMILES string of the molecule is CC1=Nc2cc3[nH]c(=O)[nH]c3cc2N=C(C)C1. The molecule has 2 aromatic rings. The van der Waals surface area contributed by atoms with Crippen molar-refractivity contribution in [2.75, 3.05) is 0 Å². The maximum Gasteiger partial charge on any atom is 0.323 e. The highest BCUT2D eigenvalue weighted by atomic mass is 16.1. The number of nitrogens with one attached hydrogen (secondary N) is 2. The number of aromatic amines is 2. The van der Waals surface area contributed by atoms with E-state index in [0.717, 1.165) is 40.3 Å². The van der Waals surface area contributed by atoms with Gasteiger partial charge in [0.05, 0.1) is 22.4 Å². The molecule has 2 heterocycles. The van der Waals surface area contributed by atoms with Crippen LogP contribution in [0.4, 0.5) is 11.4 Å². The molecule has 3 rings (SSSR count). The fourth-order valence-corrected chi connectivity index (χ4v) is 2.10. The van der Waals surface area contributed by atoms with Gasteiger partial charge in [0.2, 0.25) is 0 Å². The summed E-state index contributed by atoms with van der Waals surface area (Å²) in [7, 11) is 0. The number of aromatic nitrogens is 2. The first-order chi connectivity index (χ1) is 8.11. The van der Waals surface area contributed by atoms with Gasteiger partial charge in [0.25, 0.3) is 0 Å². The number of benzene rings is 1. The number of fused-ring (bicyclic) bond motifs is 2. The summed E-state index contributed by atoms with van der Waals surface area (Å²) in [6.07, 6.45) is 0.791. The molecule has 0 bridgehead atoms. The second kappa shape index (κ2) is 3.41. The smallest absolute Gasteiger partial charge is 0.306 e. The summed E-state index contributed by atoms with van der Waals surface area (Å²) >= 11 is 0. The molecule has 0 spiro atoms. The summed E-state index contributed by atoms with van der Waals surface area (Å²) in [5.74, 6) is 0. The Morgan fingerprint density at radius 1 is 1.00 bits per heavy atom. The van der Waals surface area contributed by atoms with Gasteiger partial charge in [-0.25, -0.2) is 4.79 Å². The number of hydrogen-bond acceptors (Lipinski definition) is 3. The first kappa shape index (κ1) is 10.0. The minimum atomic E-state index is -0.207. The molecule has 0 radical (unpaired) electrons. The molecule has 2 N–H and O–H groups in total. The van der Waals surface area contributed by atoms with Gasteiger partial charge >= 0.3 is 5.69 Å². The summed E-state index contributed by atoms with van der Waals surface area (Å²) in [6, 6.07) is 3.71. The van der Waals surface area contributed by atoms with E-state index in [4.69, 9.17) is 0 Å². The number of imidazole rings is 1. The van der Waals surface area contributed by atoms with Crippen LogP contribution in [-0.4, -0.2) is 21.4 Å². The van der Waals surface area contributed by atoms with Crippen LogP contribution in [0.2, 0.25) is 0 Å². The number of hydrogen-bond donors (Lipinski definition) is 2. The van der Waals surface area contributed by atoms with Gasteiger partial charge in [-0.1, -0.05) is 0 Å². The number of H-pyrrole nitrogens is 2. The molecule has 0 fully saturated rings. The van der Waals surface area contributed by atoms with Crippen molar-refractivity contribution in [2.24, 2.45) is 9.98 Å². The van der Waals surface area contributed by atoms with Crippen molar-refractivity contribution in [3.05, 3.63) is 22.6 Å². The molecule has 0 amide bonds. The van der Waals surface area contributed by atoms with Gasteiger partial charge in [-0.3, -0.25) is 9.98 Å². The van der Waals surface area contributed by atoms with Gasteiger partial charge in [-0.15, -0.1) is 0 Å². The molecule has 1 aliphatic heterocycles. The van der Waals surface area contributed by atoms with Gasteiger partial charge in [0, 0.05) is 17.8 Å². The Bertz CT molecular complexity index is 660. The zero-order chi connectivity index (χ0) is 12.0. The Morgan fingerprint density at radius 3 is 1.94 bits per heavy atom. The van der Waals surface area contributed by atoms with E-state index in [1.54, 1.807) is 0 Å². The second-order valence-corrected chi connectivity index (χ2v) is 4.34. The van der Waals surface area contributed by atoms with Crippen molar-refractivity contribution in [3.8, 4) is 0 Å². The van der Waals surface area contributed by atoms with Crippen LogP contribution in [0.15, 0.2) is 26.9 Å². The maximum atomic E-state index is 11.2. The fourth-order valence-electron chi connectivity index (χ4n) is 2.10. The highest BCUT2D eigenvalue weighted by Gasteiger charge is 2.10. The van der Waals surface area contributed by atoms with E-state index in [9.17, 15) is 4.79 Å². The Balaban J connectivity index is 2.35. The molecule has 17 heavy (non-hydrogen) atoms. The van der Waals surface area contributed by atoms with Crippen LogP contribution >= 0.6 is 0 Å². The number of rotatable bonds is 0. The van der Waals surface area contributed by atoms with E-state index in [-0.39, 0.29) is 5.69 Å². The minimum absolute atomic E-state index is 0.207. The van der Waals surface area contributed by atoms with Gasteiger partial charge in [-0.05, 0) is 26.0 Å². The van der Waals surface area contributed by atoms with E-state index in [2.05, 4.69) is 20.0 Å². The molecule has 1 aromatic carbocycles. The third-order valence-corrected chi connectivity index (χ3v) is 2.75. The summed E-state index contributed by atoms with van der Waals surface area (Å²) < 4.78 is 0. The zero-order valence-corrected chi connectivity index (χ0v) is 9.66. The van der Waals surface area contributed by atoms with Crippen molar-refractivity contribution in [1.82, 2.24) is 9.97 Å². The first-order valence-corrected chi connectivity index (χ1v) is 5.46. The highest BCUT2D eigenvalue weighted by molar-refractivity contribution is 6.07. The van der Waals surface area contributed by atoms with Crippen LogP contribution in [0, 0.1) is 0 Å². The third-order valence-electron chi connectivity index (χ3n) is 2.75. The van der Waals surface area contributed by atoms with Crippen LogP contribution in [0.3, 0.4) is 0 Å². The summed E-state index contributed by atoms with van der Waals surface area (Å²) in [6.45, 7) is 3.97. The highest BCUT2D eigenvalue weighted by Crippen LogP contribution is 2.33. The van der Waals surface area contributed by atoms with Crippen LogP contribution < -0.4 is 5.69 Å². The average molecular weight is 228 g/mol. The number of nitrogens with zero attached hydrogens (tertiary/aromatic N) is 2. The monoisotopic (exact) mass is 228 g/mol. The molecular weight excluding hydrogens is 216 g/mol. The van der Waals surface area contributed by atoms with E-state index >= 15 is 0 Å². The quantitative estimate of drug-likeness (QED) is 0.714. The molecule has 1 aromatic heterocycles. The maximum absolute atomic E-state index is 11.2. The lowest BCUT2D eigenvalue weighted by Crippen LogP contribution is -1.99. The van der Waals surface area contributed by atoms with Crippen molar-refractivity contribution in [3.63, 3.8) is 0 Å². The standard InChI is InChI=1S/C12H12N4O/c1-6-3-7(2)14-9-5-11-10(4-8(9)13-6)15-12(17)16-11/h4-5H,3H2,1-2H3,(H2,15,16,17). The van der Waals surface area contributed by atoms with Crippen molar-refractivity contribution in [2.45, 2.75) is 20.3 Å². The lowest BCUT2D eigenvalue weighted by molar-refractivity contribution is 1.21. The van der Waals surface area contributed by atoms with Gasteiger partial charge in [0.15, 0.2) is 0 Å². The summed E-state index contributed by atoms with van der Waals surface area (Å²) in [5, 5.41) is 0. The molecule has 5 heteroatoms. The molecule has 86 valence electrons. The molecule has 0 saturated carbocycles. The van der Waals surface area contributed by atoms with E-state index < -0.39 is 0 Å². The third kappa shape index (κ3) is 1.69. The van der Waals surface area contributed by atoms with Crippen molar-refractivity contribution >= 4 is 33.8 Å². The largest absolute Gasteiger partial charge is 0.323 e. The molecular formula is C12H12N4O. The average Bonchev–Trinajstić information content (AvgIpc) is 2.49. The second-order valence-electron chi connectivity index (χ2n) is 4.34. The van der Waals surface area contributed by atoms with Crippen molar-refractivity contribution < 1.29 is 0 Å². The minimum Gasteiger partial charge on any atom is -0.306 e. The van der Waals surface area contributed by atoms with Gasteiger partial charge in [0.1, 0.15) is 0 Å². The Morgan fingerprint density at radius 2 is 1.47 bits per heavy atom. The Hall–Kier alpha value is -2.17. The van der Waals surface area contributed by atoms with E-state index in [0.29, 0.717) is 0 Å². The van der Waals surface area contributed by atoms with Crippen LogP contribution in [0.5, 0.6) is 0 Å². The van der Waals surface area contributed by atoms with Crippen LogP contribution in [-0.2, 0) is 0 Å². The molecule has 0 saturated heterocycles.